The van der Waals surface area contributed by atoms with Crippen molar-refractivity contribution in [1.82, 2.24) is 15.5 Å². The Balaban J connectivity index is 1.80. The first-order chi connectivity index (χ1) is 8.27. The first-order valence-electron chi connectivity index (χ1n) is 6.99. The van der Waals surface area contributed by atoms with Gasteiger partial charge in [-0.25, -0.2) is 0 Å². The zero-order valence-corrected chi connectivity index (χ0v) is 11.1. The summed E-state index contributed by atoms with van der Waals surface area (Å²) in [5, 5.41) is 10.7. The van der Waals surface area contributed by atoms with Gasteiger partial charge in [0.15, 0.2) is 0 Å². The topological polar surface area (TPSA) is 40.7 Å². The van der Waals surface area contributed by atoms with E-state index in [0.717, 1.165) is 12.5 Å². The van der Waals surface area contributed by atoms with Gasteiger partial charge in [-0.15, -0.1) is 0 Å². The van der Waals surface area contributed by atoms with Gasteiger partial charge in [-0.3, -0.25) is 5.10 Å². The highest BCUT2D eigenvalue weighted by atomic mass is 15.1. The van der Waals surface area contributed by atoms with Crippen LogP contribution in [0.3, 0.4) is 0 Å². The molecule has 1 aromatic rings. The van der Waals surface area contributed by atoms with Gasteiger partial charge in [-0.2, -0.15) is 5.10 Å². The lowest BCUT2D eigenvalue weighted by molar-refractivity contribution is 0.336. The first kappa shape index (κ1) is 12.6. The third-order valence-electron chi connectivity index (χ3n) is 4.16. The number of nitrogens with one attached hydrogen (secondary N) is 2. The predicted octanol–water partition coefficient (Wildman–Crippen LogP) is 3.17. The number of H-pyrrole nitrogens is 1. The Kier molecular flexibility index (Phi) is 4.60. The summed E-state index contributed by atoms with van der Waals surface area (Å²) in [6.45, 7) is 5.37. The van der Waals surface area contributed by atoms with E-state index >= 15 is 0 Å². The first-order valence-corrected chi connectivity index (χ1v) is 6.99. The van der Waals surface area contributed by atoms with Gasteiger partial charge in [0, 0.05) is 23.8 Å². The van der Waals surface area contributed by atoms with E-state index in [9.17, 15) is 0 Å². The highest BCUT2D eigenvalue weighted by molar-refractivity contribution is 5.13. The summed E-state index contributed by atoms with van der Waals surface area (Å²) < 4.78 is 0. The average molecular weight is 235 g/mol. The van der Waals surface area contributed by atoms with Gasteiger partial charge in [0.05, 0.1) is 6.20 Å². The van der Waals surface area contributed by atoms with E-state index in [1.807, 2.05) is 6.20 Å². The van der Waals surface area contributed by atoms with Crippen LogP contribution in [-0.4, -0.2) is 16.2 Å². The van der Waals surface area contributed by atoms with Crippen LogP contribution in [0.1, 0.15) is 56.7 Å². The van der Waals surface area contributed by atoms with Gasteiger partial charge in [0.1, 0.15) is 0 Å². The van der Waals surface area contributed by atoms with Crippen molar-refractivity contribution in [3.05, 3.63) is 17.5 Å². The average Bonchev–Trinajstić information content (AvgIpc) is 2.58. The summed E-state index contributed by atoms with van der Waals surface area (Å²) in [5.41, 5.74) is 2.48. The molecule has 3 nitrogen and oxygen atoms in total. The summed E-state index contributed by atoms with van der Waals surface area (Å²) in [4.78, 5) is 0. The Morgan fingerprint density at radius 1 is 1.35 bits per heavy atom. The SMILES string of the molecule is Cc1[nH]ncc1CN[C@H](C)C1CCCCCC1. The van der Waals surface area contributed by atoms with Crippen LogP contribution in [0.5, 0.6) is 0 Å². The molecule has 1 aliphatic rings. The Morgan fingerprint density at radius 3 is 2.65 bits per heavy atom. The Hall–Kier alpha value is -0.830. The zero-order valence-electron chi connectivity index (χ0n) is 11.1. The molecule has 1 heterocycles. The molecule has 1 aromatic heterocycles. The number of aromatic nitrogens is 2. The molecule has 0 aliphatic heterocycles. The van der Waals surface area contributed by atoms with E-state index in [1.54, 1.807) is 0 Å². The minimum absolute atomic E-state index is 0.627. The molecule has 0 amide bonds. The summed E-state index contributed by atoms with van der Waals surface area (Å²) in [6, 6.07) is 0.627. The van der Waals surface area contributed by atoms with Gasteiger partial charge in [-0.05, 0) is 32.6 Å². The van der Waals surface area contributed by atoms with Crippen molar-refractivity contribution >= 4 is 0 Å². The van der Waals surface area contributed by atoms with Crippen LogP contribution in [0.2, 0.25) is 0 Å². The van der Waals surface area contributed by atoms with Crippen LogP contribution in [0.4, 0.5) is 0 Å². The van der Waals surface area contributed by atoms with Crippen molar-refractivity contribution in [2.75, 3.05) is 0 Å². The molecular formula is C14H25N3. The van der Waals surface area contributed by atoms with Gasteiger partial charge in [0.25, 0.3) is 0 Å². The van der Waals surface area contributed by atoms with Crippen molar-refractivity contribution in [1.29, 1.82) is 0 Å². The quantitative estimate of drug-likeness (QED) is 0.787. The number of aromatic amines is 1. The van der Waals surface area contributed by atoms with Crippen LogP contribution >= 0.6 is 0 Å². The van der Waals surface area contributed by atoms with Gasteiger partial charge in [-0.1, -0.05) is 25.7 Å². The van der Waals surface area contributed by atoms with E-state index in [0.29, 0.717) is 6.04 Å². The van der Waals surface area contributed by atoms with E-state index in [4.69, 9.17) is 0 Å². The summed E-state index contributed by atoms with van der Waals surface area (Å²) in [7, 11) is 0. The molecule has 17 heavy (non-hydrogen) atoms. The summed E-state index contributed by atoms with van der Waals surface area (Å²) in [5.74, 6) is 0.865. The molecule has 2 N–H and O–H groups in total. The fraction of sp³-hybridized carbons (Fsp3) is 0.786. The van der Waals surface area contributed by atoms with Gasteiger partial charge >= 0.3 is 0 Å². The van der Waals surface area contributed by atoms with E-state index in [2.05, 4.69) is 29.4 Å². The molecule has 3 heteroatoms. The lowest BCUT2D eigenvalue weighted by Crippen LogP contribution is -2.33. The molecule has 0 aromatic carbocycles. The maximum Gasteiger partial charge on any atom is 0.0535 e. The number of hydrogen-bond donors (Lipinski definition) is 2. The molecule has 0 saturated heterocycles. The number of nitrogens with zero attached hydrogens (tertiary/aromatic N) is 1. The van der Waals surface area contributed by atoms with Gasteiger partial charge in [0.2, 0.25) is 0 Å². The second kappa shape index (κ2) is 6.20. The van der Waals surface area contributed by atoms with Crippen LogP contribution in [0.25, 0.3) is 0 Å². The molecule has 0 spiro atoms. The van der Waals surface area contributed by atoms with E-state index < -0.39 is 0 Å². The highest BCUT2D eigenvalue weighted by Gasteiger charge is 2.18. The van der Waals surface area contributed by atoms with Crippen LogP contribution in [0.15, 0.2) is 6.20 Å². The minimum atomic E-state index is 0.627. The van der Waals surface area contributed by atoms with Crippen molar-refractivity contribution in [3.63, 3.8) is 0 Å². The van der Waals surface area contributed by atoms with Crippen LogP contribution < -0.4 is 5.32 Å². The van der Waals surface area contributed by atoms with Crippen molar-refractivity contribution < 1.29 is 0 Å². The summed E-state index contributed by atoms with van der Waals surface area (Å²) >= 11 is 0. The Labute approximate surface area is 104 Å². The Morgan fingerprint density at radius 2 is 2.06 bits per heavy atom. The highest BCUT2D eigenvalue weighted by Crippen LogP contribution is 2.25. The largest absolute Gasteiger partial charge is 0.310 e. The zero-order chi connectivity index (χ0) is 12.1. The minimum Gasteiger partial charge on any atom is -0.310 e. The smallest absolute Gasteiger partial charge is 0.0535 e. The number of aryl methyl sites for hydroxylation is 1. The molecule has 1 atom stereocenters. The molecule has 1 saturated carbocycles. The lowest BCUT2D eigenvalue weighted by atomic mass is 9.93. The fourth-order valence-corrected chi connectivity index (χ4v) is 2.80. The van der Waals surface area contributed by atoms with E-state index in [1.165, 1.54) is 49.8 Å². The molecular weight excluding hydrogens is 210 g/mol. The molecule has 96 valence electrons. The normalized spacial score (nSPS) is 20.1. The standard InChI is InChI=1S/C14H25N3/c1-11(13-7-5-3-4-6-8-13)15-9-14-10-16-17-12(14)2/h10-11,13,15H,3-9H2,1-2H3,(H,16,17)/t11-/m1/s1. The third-order valence-corrected chi connectivity index (χ3v) is 4.16. The second-order valence-electron chi connectivity index (χ2n) is 5.44. The maximum absolute atomic E-state index is 4.06. The molecule has 0 radical (unpaired) electrons. The van der Waals surface area contributed by atoms with Crippen molar-refractivity contribution in [3.8, 4) is 0 Å². The summed E-state index contributed by atoms with van der Waals surface area (Å²) in [6.07, 6.45) is 10.4. The molecule has 0 bridgehead atoms. The van der Waals surface area contributed by atoms with Crippen LogP contribution in [0, 0.1) is 12.8 Å². The number of hydrogen-bond acceptors (Lipinski definition) is 2. The predicted molar refractivity (Wildman–Crippen MR) is 70.8 cm³/mol. The Bertz CT molecular complexity index is 324. The number of rotatable bonds is 4. The van der Waals surface area contributed by atoms with Crippen LogP contribution in [-0.2, 0) is 6.54 Å². The molecule has 1 fully saturated rings. The maximum atomic E-state index is 4.06. The fourth-order valence-electron chi connectivity index (χ4n) is 2.80. The second-order valence-corrected chi connectivity index (χ2v) is 5.44. The lowest BCUT2D eigenvalue weighted by Gasteiger charge is -2.23. The monoisotopic (exact) mass is 235 g/mol. The third kappa shape index (κ3) is 3.56. The molecule has 1 aliphatic carbocycles. The van der Waals surface area contributed by atoms with Crippen molar-refractivity contribution in [2.45, 2.75) is 65.0 Å². The van der Waals surface area contributed by atoms with Gasteiger partial charge < -0.3 is 5.32 Å². The van der Waals surface area contributed by atoms with Crippen molar-refractivity contribution in [2.24, 2.45) is 5.92 Å². The molecule has 0 unspecified atom stereocenters. The molecule has 2 rings (SSSR count). The van der Waals surface area contributed by atoms with E-state index in [-0.39, 0.29) is 0 Å².